The molecule has 3 heterocycles. The molecule has 0 fully saturated rings. The largest absolute Gasteiger partial charge is 0.356 e. The lowest BCUT2D eigenvalue weighted by Gasteiger charge is -2.27. The number of rotatable bonds is 6. The molecule has 0 N–H and O–H groups in total. The van der Waals surface area contributed by atoms with Crippen LogP contribution in [0.25, 0.3) is 11.3 Å². The van der Waals surface area contributed by atoms with E-state index in [1.54, 1.807) is 23.1 Å². The molecular formula is C21H21ClN4O3. The first-order valence-electron chi connectivity index (χ1n) is 9.57. The van der Waals surface area contributed by atoms with Gasteiger partial charge in [-0.3, -0.25) is 14.5 Å². The summed E-state index contributed by atoms with van der Waals surface area (Å²) in [5.41, 5.74) is 2.23. The van der Waals surface area contributed by atoms with Crippen LogP contribution in [-0.2, 0) is 22.6 Å². The Balaban J connectivity index is 1.33. The molecule has 150 valence electrons. The Morgan fingerprint density at radius 3 is 2.86 bits per heavy atom. The van der Waals surface area contributed by atoms with Crippen molar-refractivity contribution in [2.75, 3.05) is 11.4 Å². The fourth-order valence-electron chi connectivity index (χ4n) is 3.50. The summed E-state index contributed by atoms with van der Waals surface area (Å²) < 4.78 is 7.18. The lowest BCUT2D eigenvalue weighted by Crippen LogP contribution is -2.37. The van der Waals surface area contributed by atoms with Gasteiger partial charge in [-0.15, -0.1) is 0 Å². The number of amides is 1. The summed E-state index contributed by atoms with van der Waals surface area (Å²) in [6.45, 7) is 3.38. The number of hydrogen-bond donors (Lipinski definition) is 0. The normalized spacial score (nSPS) is 13.4. The molecule has 7 nitrogen and oxygen atoms in total. The average molecular weight is 413 g/mol. The number of carbonyl (C=O) groups is 2. The fourth-order valence-corrected chi connectivity index (χ4v) is 3.69. The Morgan fingerprint density at radius 2 is 2.03 bits per heavy atom. The Bertz CT molecular complexity index is 1060. The van der Waals surface area contributed by atoms with Gasteiger partial charge >= 0.3 is 0 Å². The zero-order valence-corrected chi connectivity index (χ0v) is 16.9. The number of nitrogens with zero attached hydrogens (tertiary/aromatic N) is 4. The standard InChI is InChI=1S/C21H21ClN4O3/c1-14-10-20-25(8-3-9-26(20)23-14)21(28)7-6-18(27)12-17-13-19(29-24-17)15-4-2-5-16(22)11-15/h2,4-5,10-11,13H,3,6-9,12H2,1H3. The molecule has 1 amide bonds. The predicted octanol–water partition coefficient (Wildman–Crippen LogP) is 3.83. The number of aryl methyl sites for hydroxylation is 2. The van der Waals surface area contributed by atoms with Gasteiger partial charge in [-0.05, 0) is 25.5 Å². The van der Waals surface area contributed by atoms with Gasteiger partial charge in [-0.2, -0.15) is 5.10 Å². The molecular weight excluding hydrogens is 392 g/mol. The molecule has 8 heteroatoms. The third kappa shape index (κ3) is 4.40. The molecule has 1 aromatic carbocycles. The number of Topliss-reactive ketones (excluding diaryl/α,β-unsaturated/α-hetero) is 1. The van der Waals surface area contributed by atoms with E-state index < -0.39 is 0 Å². The SMILES string of the molecule is Cc1cc2n(n1)CCCN2C(=O)CCC(=O)Cc1cc(-c2cccc(Cl)c2)on1. The van der Waals surface area contributed by atoms with E-state index >= 15 is 0 Å². The van der Waals surface area contributed by atoms with Gasteiger partial charge in [0.05, 0.1) is 17.8 Å². The molecule has 0 saturated carbocycles. The van der Waals surface area contributed by atoms with Crippen molar-refractivity contribution >= 4 is 29.1 Å². The molecule has 1 aliphatic heterocycles. The van der Waals surface area contributed by atoms with Crippen LogP contribution in [0.1, 0.15) is 30.7 Å². The molecule has 0 aliphatic carbocycles. The minimum atomic E-state index is -0.0565. The van der Waals surface area contributed by atoms with Gasteiger partial charge in [-0.25, -0.2) is 4.68 Å². The maximum atomic E-state index is 12.6. The van der Waals surface area contributed by atoms with Crippen LogP contribution in [0.15, 0.2) is 40.9 Å². The lowest BCUT2D eigenvalue weighted by atomic mass is 10.1. The van der Waals surface area contributed by atoms with E-state index in [0.29, 0.717) is 23.0 Å². The van der Waals surface area contributed by atoms with Crippen LogP contribution < -0.4 is 4.90 Å². The van der Waals surface area contributed by atoms with Gasteiger partial charge in [0.25, 0.3) is 0 Å². The highest BCUT2D eigenvalue weighted by Gasteiger charge is 2.24. The molecule has 1 aliphatic rings. The van der Waals surface area contributed by atoms with Crippen molar-refractivity contribution in [3.05, 3.63) is 52.8 Å². The van der Waals surface area contributed by atoms with Crippen LogP contribution in [0.2, 0.25) is 5.02 Å². The van der Waals surface area contributed by atoms with Crippen LogP contribution in [-0.4, -0.2) is 33.2 Å². The van der Waals surface area contributed by atoms with Crippen LogP contribution >= 0.6 is 11.6 Å². The second kappa shape index (κ2) is 8.21. The molecule has 0 spiro atoms. The van der Waals surface area contributed by atoms with Gasteiger partial charge in [0.1, 0.15) is 11.6 Å². The fraction of sp³-hybridized carbons (Fsp3) is 0.333. The first-order chi connectivity index (χ1) is 14.0. The number of hydrogen-bond acceptors (Lipinski definition) is 5. The molecule has 0 radical (unpaired) electrons. The maximum Gasteiger partial charge on any atom is 0.228 e. The second-order valence-electron chi connectivity index (χ2n) is 7.17. The Morgan fingerprint density at radius 1 is 1.17 bits per heavy atom. The molecule has 29 heavy (non-hydrogen) atoms. The van der Waals surface area contributed by atoms with E-state index in [1.807, 2.05) is 29.8 Å². The average Bonchev–Trinajstić information content (AvgIpc) is 3.31. The minimum absolute atomic E-state index is 0.0500. The highest BCUT2D eigenvalue weighted by atomic mass is 35.5. The van der Waals surface area contributed by atoms with E-state index in [-0.39, 0.29) is 31.0 Å². The molecule has 0 atom stereocenters. The van der Waals surface area contributed by atoms with E-state index in [1.165, 1.54) is 0 Å². The van der Waals surface area contributed by atoms with Crippen molar-refractivity contribution in [3.8, 4) is 11.3 Å². The van der Waals surface area contributed by atoms with Crippen LogP contribution in [0.3, 0.4) is 0 Å². The van der Waals surface area contributed by atoms with Gasteiger partial charge in [0.2, 0.25) is 5.91 Å². The van der Waals surface area contributed by atoms with E-state index in [4.69, 9.17) is 16.1 Å². The summed E-state index contributed by atoms with van der Waals surface area (Å²) in [5, 5.41) is 8.96. The number of anilines is 1. The zero-order chi connectivity index (χ0) is 20.4. The third-order valence-electron chi connectivity index (χ3n) is 4.87. The summed E-state index contributed by atoms with van der Waals surface area (Å²) in [6.07, 6.45) is 1.33. The van der Waals surface area contributed by atoms with Gasteiger partial charge in [0.15, 0.2) is 5.76 Å². The van der Waals surface area contributed by atoms with Crippen LogP contribution in [0, 0.1) is 6.92 Å². The van der Waals surface area contributed by atoms with Crippen molar-refractivity contribution in [1.29, 1.82) is 0 Å². The van der Waals surface area contributed by atoms with Crippen LogP contribution in [0.4, 0.5) is 5.82 Å². The van der Waals surface area contributed by atoms with Crippen molar-refractivity contribution < 1.29 is 14.1 Å². The molecule has 4 rings (SSSR count). The summed E-state index contributed by atoms with van der Waals surface area (Å²) in [7, 11) is 0. The molecule has 3 aromatic rings. The smallest absolute Gasteiger partial charge is 0.228 e. The number of aromatic nitrogens is 3. The topological polar surface area (TPSA) is 81.2 Å². The summed E-state index contributed by atoms with van der Waals surface area (Å²) >= 11 is 6.00. The molecule has 0 saturated heterocycles. The van der Waals surface area contributed by atoms with Gasteiger partial charge in [-0.1, -0.05) is 28.9 Å². The Hall–Kier alpha value is -2.93. The van der Waals surface area contributed by atoms with E-state index in [0.717, 1.165) is 30.0 Å². The number of halogens is 1. The third-order valence-corrected chi connectivity index (χ3v) is 5.11. The quantitative estimate of drug-likeness (QED) is 0.614. The predicted molar refractivity (Wildman–Crippen MR) is 109 cm³/mol. The van der Waals surface area contributed by atoms with Crippen molar-refractivity contribution in [3.63, 3.8) is 0 Å². The molecule has 2 aromatic heterocycles. The number of benzene rings is 1. The highest BCUT2D eigenvalue weighted by molar-refractivity contribution is 6.30. The monoisotopic (exact) mass is 412 g/mol. The first-order valence-corrected chi connectivity index (χ1v) is 9.95. The Labute approximate surface area is 173 Å². The number of ketones is 1. The van der Waals surface area contributed by atoms with Gasteiger partial charge in [0, 0.05) is 48.6 Å². The maximum absolute atomic E-state index is 12.6. The Kier molecular flexibility index (Phi) is 5.49. The number of fused-ring (bicyclic) bond motifs is 1. The molecule has 0 bridgehead atoms. The first kappa shape index (κ1) is 19.4. The highest BCUT2D eigenvalue weighted by Crippen LogP contribution is 2.24. The summed E-state index contributed by atoms with van der Waals surface area (Å²) in [4.78, 5) is 26.7. The second-order valence-corrected chi connectivity index (χ2v) is 7.61. The lowest BCUT2D eigenvalue weighted by molar-refractivity contribution is -0.123. The van der Waals surface area contributed by atoms with E-state index in [9.17, 15) is 9.59 Å². The van der Waals surface area contributed by atoms with Crippen LogP contribution in [0.5, 0.6) is 0 Å². The van der Waals surface area contributed by atoms with Crippen molar-refractivity contribution in [2.45, 2.75) is 39.2 Å². The minimum Gasteiger partial charge on any atom is -0.356 e. The number of carbonyl (C=O) groups excluding carboxylic acids is 2. The van der Waals surface area contributed by atoms with Crippen molar-refractivity contribution in [1.82, 2.24) is 14.9 Å². The van der Waals surface area contributed by atoms with Gasteiger partial charge < -0.3 is 4.52 Å². The summed E-state index contributed by atoms with van der Waals surface area (Å²) in [5.74, 6) is 1.27. The zero-order valence-electron chi connectivity index (χ0n) is 16.1. The summed E-state index contributed by atoms with van der Waals surface area (Å²) in [6, 6.07) is 10.9. The molecule has 0 unspecified atom stereocenters. The van der Waals surface area contributed by atoms with E-state index in [2.05, 4.69) is 10.3 Å². The van der Waals surface area contributed by atoms with Crippen molar-refractivity contribution in [2.24, 2.45) is 0 Å².